The van der Waals surface area contributed by atoms with Crippen LogP contribution in [0.1, 0.15) is 83.2 Å². The minimum atomic E-state index is -1.91. The summed E-state index contributed by atoms with van der Waals surface area (Å²) < 4.78 is 64.0. The lowest BCUT2D eigenvalue weighted by Gasteiger charge is -2.36. The molecular formula is C66H66F2N4O12S2. The van der Waals surface area contributed by atoms with Gasteiger partial charge in [0.1, 0.15) is 34.6 Å². The number of nitrogens with zero attached hydrogens (tertiary/aromatic N) is 4. The van der Waals surface area contributed by atoms with E-state index in [1.54, 1.807) is 84.9 Å². The molecule has 2 saturated heterocycles. The summed E-state index contributed by atoms with van der Waals surface area (Å²) >= 11 is 2.18. The van der Waals surface area contributed by atoms with Crippen LogP contribution in [-0.4, -0.2) is 113 Å². The number of rotatable bonds is 26. The van der Waals surface area contributed by atoms with Crippen LogP contribution in [0.3, 0.4) is 0 Å². The van der Waals surface area contributed by atoms with Gasteiger partial charge in [0.15, 0.2) is 11.6 Å². The van der Waals surface area contributed by atoms with Gasteiger partial charge in [-0.25, -0.2) is 18.4 Å². The van der Waals surface area contributed by atoms with E-state index in [-0.39, 0.29) is 59.4 Å². The van der Waals surface area contributed by atoms with Crippen molar-refractivity contribution >= 4 is 71.2 Å². The Bertz CT molecular complexity index is 3220. The lowest BCUT2D eigenvalue weighted by atomic mass is 9.89. The highest BCUT2D eigenvalue weighted by Crippen LogP contribution is 2.59. The van der Waals surface area contributed by atoms with Crippen LogP contribution in [0.2, 0.25) is 0 Å². The molecule has 0 radical (unpaired) electrons. The van der Waals surface area contributed by atoms with Gasteiger partial charge in [0, 0.05) is 44.9 Å². The lowest BCUT2D eigenvalue weighted by molar-refractivity contribution is -0.149. The molecule has 2 amide bonds. The Kier molecular flexibility index (Phi) is 19.9. The van der Waals surface area contributed by atoms with Crippen molar-refractivity contribution in [2.75, 3.05) is 76.5 Å². The number of likely N-dealkylation sites (tertiary alicyclic amines) is 2. The fourth-order valence-electron chi connectivity index (χ4n) is 11.3. The molecule has 2 unspecified atom stereocenters. The molecular weight excluding hydrogens is 1140 g/mol. The van der Waals surface area contributed by atoms with Crippen molar-refractivity contribution in [2.45, 2.75) is 71.3 Å². The number of ether oxygens (including phenoxy) is 6. The van der Waals surface area contributed by atoms with Crippen molar-refractivity contribution in [2.24, 2.45) is 11.8 Å². The predicted octanol–water partition coefficient (Wildman–Crippen LogP) is 11.6. The number of unbranched alkanes of at least 4 members (excludes halogenated alkanes) is 2. The highest BCUT2D eigenvalue weighted by atomic mass is 32.2. The third kappa shape index (κ3) is 13.6. The van der Waals surface area contributed by atoms with Gasteiger partial charge in [0.25, 0.3) is 10.1 Å². The Morgan fingerprint density at radius 2 is 0.907 bits per heavy atom. The van der Waals surface area contributed by atoms with Crippen molar-refractivity contribution in [3.63, 3.8) is 0 Å². The number of hydrogen-bond donors (Lipinski definition) is 0. The number of esters is 2. The third-order valence-corrected chi connectivity index (χ3v) is 18.6. The molecule has 0 aromatic heterocycles. The summed E-state index contributed by atoms with van der Waals surface area (Å²) in [6, 6.07) is 35.6. The summed E-state index contributed by atoms with van der Waals surface area (Å²) in [4.78, 5) is 90.2. The number of halogens is 2. The number of fused-ring (bicyclic) bond motifs is 2. The Hall–Kier alpha value is -8.04. The molecule has 0 N–H and O–H groups in total. The molecule has 2 fully saturated rings. The minimum absolute atomic E-state index is 0.0371. The van der Waals surface area contributed by atoms with Gasteiger partial charge < -0.3 is 38.2 Å². The van der Waals surface area contributed by atoms with E-state index in [9.17, 15) is 37.5 Å². The summed E-state index contributed by atoms with van der Waals surface area (Å²) in [6.45, 7) is 5.10. The van der Waals surface area contributed by atoms with Gasteiger partial charge in [-0.05, 0) is 223 Å². The lowest BCUT2D eigenvalue weighted by Crippen LogP contribution is -2.44. The number of carbonyl (C=O) groups excluding carboxylic acids is 6. The van der Waals surface area contributed by atoms with Crippen LogP contribution >= 0.6 is 23.5 Å². The highest BCUT2D eigenvalue weighted by molar-refractivity contribution is 8.01. The van der Waals surface area contributed by atoms with Gasteiger partial charge >= 0.3 is 11.9 Å². The van der Waals surface area contributed by atoms with E-state index in [0.717, 1.165) is 87.8 Å². The number of anilines is 2. The molecule has 10 rings (SSSR count). The molecule has 20 heteroatoms. The van der Waals surface area contributed by atoms with Crippen LogP contribution < -0.4 is 28.7 Å². The van der Waals surface area contributed by atoms with Gasteiger partial charge in [-0.1, -0.05) is 24.3 Å². The van der Waals surface area contributed by atoms with Crippen LogP contribution in [-0.2, 0) is 38.8 Å². The summed E-state index contributed by atoms with van der Waals surface area (Å²) in [5.41, 5.74) is 2.53. The smallest absolute Gasteiger partial charge is 0.334 e. The average Bonchev–Trinajstić information content (AvgIpc) is 1.65. The van der Waals surface area contributed by atoms with Crippen LogP contribution in [0, 0.1) is 23.5 Å². The fourth-order valence-corrected chi connectivity index (χ4v) is 14.0. The molecule has 6 aromatic carbocycles. The van der Waals surface area contributed by atoms with Crippen molar-refractivity contribution in [3.05, 3.63) is 180 Å². The Balaban J connectivity index is 0.819. The molecule has 448 valence electrons. The van der Waals surface area contributed by atoms with E-state index in [2.05, 4.69) is 9.80 Å². The maximum absolute atomic E-state index is 14.4. The zero-order valence-corrected chi connectivity index (χ0v) is 49.4. The van der Waals surface area contributed by atoms with Crippen LogP contribution in [0.5, 0.6) is 23.0 Å². The normalized spacial score (nSPS) is 18.9. The first-order valence-corrected chi connectivity index (χ1v) is 30.3. The van der Waals surface area contributed by atoms with Crippen molar-refractivity contribution < 1.29 is 66.0 Å². The van der Waals surface area contributed by atoms with Gasteiger partial charge in [-0.2, -0.15) is 0 Å². The number of methoxy groups -OCH3 is 2. The Morgan fingerprint density at radius 1 is 0.523 bits per heavy atom. The molecule has 16 nitrogen and oxygen atoms in total. The van der Waals surface area contributed by atoms with Gasteiger partial charge in [0.05, 0.1) is 49.9 Å². The van der Waals surface area contributed by atoms with E-state index in [1.165, 1.54) is 72.6 Å². The maximum atomic E-state index is 14.4. The summed E-state index contributed by atoms with van der Waals surface area (Å²) in [7, 11) is 2.97. The number of piperidine rings is 2. The summed E-state index contributed by atoms with van der Waals surface area (Å²) in [5, 5.41) is -3.82. The number of Topliss-reactive ketones (excluding diaryl/α,β-unsaturated/α-hetero) is 2. The number of carbonyl (C=O) groups is 6. The quantitative estimate of drug-likeness (QED) is 0.0165. The molecule has 0 aliphatic carbocycles. The van der Waals surface area contributed by atoms with Crippen molar-refractivity contribution in [1.29, 1.82) is 0 Å². The molecule has 4 heterocycles. The standard InChI is InChI=1S/C66H66F2N4O12S2/c1-79-51-23-25-57(81-39-9-7-33-69-35-29-47(30-36-69)63(77)45-15-19-49(67)20-16-45)53(41-51)65(71(43-73)55-11-3-5-13-59(55)85-65)83-61(75)27-28-62(76)84-66(72(44-74)56-12-4-6-14-60(56)86-66)54-42-52(80-2)24-26-58(54)82-40-10-8-34-70-37-31-48(32-38-70)64(78)46-17-21-50(68)22-18-46/h3-6,11-28,41-44,47-48H,7-10,29-40H2,1-2H3/b28-27+. The number of ketones is 2. The van der Waals surface area contributed by atoms with Crippen molar-refractivity contribution in [1.82, 2.24) is 9.80 Å². The van der Waals surface area contributed by atoms with Crippen LogP contribution in [0.15, 0.2) is 155 Å². The fraction of sp³-hybridized carbons (Fsp3) is 0.333. The molecule has 2 atom stereocenters. The molecule has 4 aliphatic rings. The zero-order chi connectivity index (χ0) is 60.2. The largest absolute Gasteiger partial charge is 0.497 e. The van der Waals surface area contributed by atoms with Crippen molar-refractivity contribution in [3.8, 4) is 23.0 Å². The number of para-hydroxylation sites is 2. The first kappa shape index (κ1) is 61.1. The highest BCUT2D eigenvalue weighted by Gasteiger charge is 2.54. The number of amides is 2. The number of thioether (sulfide) groups is 2. The molecule has 6 aromatic rings. The topological polar surface area (TPSA) is 171 Å². The predicted molar refractivity (Wildman–Crippen MR) is 322 cm³/mol. The first-order chi connectivity index (χ1) is 41.8. The average molecular weight is 1210 g/mol. The third-order valence-electron chi connectivity index (χ3n) is 15.9. The van der Waals surface area contributed by atoms with Crippen LogP contribution in [0.4, 0.5) is 20.2 Å². The molecule has 86 heavy (non-hydrogen) atoms. The monoisotopic (exact) mass is 1210 g/mol. The van der Waals surface area contributed by atoms with E-state index >= 15 is 0 Å². The molecule has 0 saturated carbocycles. The number of hydrogen-bond acceptors (Lipinski definition) is 16. The first-order valence-electron chi connectivity index (χ1n) is 28.7. The maximum Gasteiger partial charge on any atom is 0.334 e. The van der Waals surface area contributed by atoms with Gasteiger partial charge in [0.2, 0.25) is 12.8 Å². The second-order valence-corrected chi connectivity index (χ2v) is 23.6. The Morgan fingerprint density at radius 3 is 1.28 bits per heavy atom. The summed E-state index contributed by atoms with van der Waals surface area (Å²) in [6.07, 6.45) is 8.62. The van der Waals surface area contributed by atoms with E-state index in [4.69, 9.17) is 28.4 Å². The van der Waals surface area contributed by atoms with Gasteiger partial charge in [-0.3, -0.25) is 29.0 Å². The van der Waals surface area contributed by atoms with Gasteiger partial charge in [-0.15, -0.1) is 0 Å². The van der Waals surface area contributed by atoms with E-state index < -0.39 is 22.1 Å². The minimum Gasteiger partial charge on any atom is -0.497 e. The van der Waals surface area contributed by atoms with E-state index in [0.29, 0.717) is 107 Å². The molecule has 0 spiro atoms. The zero-order valence-electron chi connectivity index (χ0n) is 47.7. The molecule has 0 bridgehead atoms. The second-order valence-electron chi connectivity index (χ2n) is 21.2. The molecule has 4 aliphatic heterocycles. The SMILES string of the molecule is COc1ccc(OCCCCN2CCC(C(=O)c3ccc(F)cc3)CC2)c(C2(OC(=O)/C=C/C(=O)OC3(c4cc(OC)ccc4OCCCCN4CCC(C(=O)c5ccc(F)cc5)CC4)Sc4ccccc4N3C=O)Sc3ccccc3N2C=O)c1. The number of benzene rings is 6. The Labute approximate surface area is 506 Å². The second kappa shape index (κ2) is 28.0. The summed E-state index contributed by atoms with van der Waals surface area (Å²) in [5.74, 6) is -1.56. The van der Waals surface area contributed by atoms with Crippen LogP contribution in [0.25, 0.3) is 0 Å². The van der Waals surface area contributed by atoms with E-state index in [1.807, 2.05) is 0 Å².